The third-order valence-corrected chi connectivity index (χ3v) is 5.38. The van der Waals surface area contributed by atoms with E-state index in [1.54, 1.807) is 30.3 Å². The lowest BCUT2D eigenvalue weighted by molar-refractivity contribution is -0.114. The molecule has 0 radical (unpaired) electrons. The fraction of sp³-hybridized carbons (Fsp3) is 0.200. The van der Waals surface area contributed by atoms with Gasteiger partial charge in [-0.2, -0.15) is 0 Å². The van der Waals surface area contributed by atoms with E-state index in [1.807, 2.05) is 47.4 Å². The van der Waals surface area contributed by atoms with Crippen LogP contribution in [-0.2, 0) is 4.79 Å². The van der Waals surface area contributed by atoms with E-state index in [-0.39, 0.29) is 18.4 Å². The lowest BCUT2D eigenvalue weighted by atomic mass is 10.1. The van der Waals surface area contributed by atoms with Crippen LogP contribution in [0.2, 0.25) is 5.02 Å². The maximum atomic E-state index is 12.8. The predicted molar refractivity (Wildman–Crippen MR) is 127 cm³/mol. The number of rotatable bonds is 7. The van der Waals surface area contributed by atoms with Crippen molar-refractivity contribution < 1.29 is 14.3 Å². The molecule has 7 heteroatoms. The Morgan fingerprint density at radius 2 is 1.66 bits per heavy atom. The minimum absolute atomic E-state index is 0.00953. The summed E-state index contributed by atoms with van der Waals surface area (Å²) in [6.45, 7) is 1.50. The predicted octanol–water partition coefficient (Wildman–Crippen LogP) is 5.42. The van der Waals surface area contributed by atoms with Crippen molar-refractivity contribution >= 4 is 34.8 Å². The van der Waals surface area contributed by atoms with Crippen LogP contribution in [0.3, 0.4) is 0 Å². The van der Waals surface area contributed by atoms with Gasteiger partial charge >= 0.3 is 0 Å². The largest absolute Gasteiger partial charge is 0.457 e. The molecule has 1 heterocycles. The average molecular weight is 450 g/mol. The first-order valence-electron chi connectivity index (χ1n) is 10.5. The molecule has 164 valence electrons. The number of nitrogens with one attached hydrogen (secondary N) is 2. The van der Waals surface area contributed by atoms with Gasteiger partial charge in [0.25, 0.3) is 5.91 Å². The molecule has 3 aromatic carbocycles. The molecule has 0 saturated carbocycles. The molecular formula is C25H24ClN3O3. The van der Waals surface area contributed by atoms with E-state index < -0.39 is 0 Å². The molecule has 0 aliphatic carbocycles. The van der Waals surface area contributed by atoms with E-state index >= 15 is 0 Å². The molecule has 1 saturated heterocycles. The topological polar surface area (TPSA) is 70.7 Å². The van der Waals surface area contributed by atoms with Crippen molar-refractivity contribution in [3.05, 3.63) is 83.4 Å². The summed E-state index contributed by atoms with van der Waals surface area (Å²) in [5, 5.41) is 6.40. The molecule has 0 bridgehead atoms. The summed E-state index contributed by atoms with van der Waals surface area (Å²) in [4.78, 5) is 27.2. The number of halogens is 1. The molecular weight excluding hydrogens is 426 g/mol. The summed E-state index contributed by atoms with van der Waals surface area (Å²) in [6.07, 6.45) is 2.02. The molecule has 0 atom stereocenters. The van der Waals surface area contributed by atoms with Gasteiger partial charge in [-0.15, -0.1) is 0 Å². The van der Waals surface area contributed by atoms with Crippen LogP contribution in [0.4, 0.5) is 11.4 Å². The molecule has 4 rings (SSSR count). The normalized spacial score (nSPS) is 13.0. The molecule has 0 aromatic heterocycles. The number of carbonyl (C=O) groups excluding carboxylic acids is 2. The number of benzene rings is 3. The second-order valence-electron chi connectivity index (χ2n) is 7.53. The van der Waals surface area contributed by atoms with Gasteiger partial charge in [-0.25, -0.2) is 0 Å². The van der Waals surface area contributed by atoms with Gasteiger partial charge in [-0.05, 0) is 55.3 Å². The van der Waals surface area contributed by atoms with Crippen molar-refractivity contribution in [2.75, 3.05) is 30.3 Å². The van der Waals surface area contributed by atoms with Gasteiger partial charge in [0.1, 0.15) is 11.5 Å². The van der Waals surface area contributed by atoms with Gasteiger partial charge in [-0.1, -0.05) is 35.9 Å². The standard InChI is InChI=1S/C25H24ClN3O3/c26-18-11-12-22(25(31)29-13-4-5-14-29)23(15-18)27-17-24(30)28-19-7-6-10-21(16-19)32-20-8-2-1-3-9-20/h1-3,6-12,15-16,27H,4-5,13-14,17H2,(H,28,30). The fourth-order valence-corrected chi connectivity index (χ4v) is 3.75. The summed E-state index contributed by atoms with van der Waals surface area (Å²) in [5.41, 5.74) is 1.68. The molecule has 6 nitrogen and oxygen atoms in total. The molecule has 32 heavy (non-hydrogen) atoms. The van der Waals surface area contributed by atoms with Gasteiger partial charge in [0.15, 0.2) is 0 Å². The molecule has 1 fully saturated rings. The number of hydrogen-bond acceptors (Lipinski definition) is 4. The van der Waals surface area contributed by atoms with Crippen LogP contribution in [-0.4, -0.2) is 36.3 Å². The summed E-state index contributed by atoms with van der Waals surface area (Å²) >= 11 is 6.13. The van der Waals surface area contributed by atoms with Crippen LogP contribution in [0.5, 0.6) is 11.5 Å². The van der Waals surface area contributed by atoms with Crippen LogP contribution in [0.25, 0.3) is 0 Å². The molecule has 3 aromatic rings. The highest BCUT2D eigenvalue weighted by Crippen LogP contribution is 2.25. The summed E-state index contributed by atoms with van der Waals surface area (Å²) < 4.78 is 5.81. The van der Waals surface area contributed by atoms with Crippen molar-refractivity contribution in [2.24, 2.45) is 0 Å². The van der Waals surface area contributed by atoms with Gasteiger partial charge < -0.3 is 20.3 Å². The second-order valence-corrected chi connectivity index (χ2v) is 7.97. The highest BCUT2D eigenvalue weighted by atomic mass is 35.5. The van der Waals surface area contributed by atoms with Gasteiger partial charge in [-0.3, -0.25) is 9.59 Å². The number of para-hydroxylation sites is 1. The molecule has 1 aliphatic rings. The van der Waals surface area contributed by atoms with Crippen LogP contribution in [0.1, 0.15) is 23.2 Å². The van der Waals surface area contributed by atoms with Crippen LogP contribution >= 0.6 is 11.6 Å². The summed E-state index contributed by atoms with van der Waals surface area (Å²) in [5.74, 6) is 1.04. The first-order valence-corrected chi connectivity index (χ1v) is 10.9. The van der Waals surface area contributed by atoms with Crippen LogP contribution in [0, 0.1) is 0 Å². The zero-order valence-electron chi connectivity index (χ0n) is 17.5. The summed E-state index contributed by atoms with van der Waals surface area (Å²) in [6, 6.07) is 21.7. The van der Waals surface area contributed by atoms with E-state index in [0.29, 0.717) is 33.5 Å². The number of amides is 2. The van der Waals surface area contributed by atoms with Crippen molar-refractivity contribution in [3.8, 4) is 11.5 Å². The number of carbonyl (C=O) groups is 2. The van der Waals surface area contributed by atoms with Crippen molar-refractivity contribution in [1.82, 2.24) is 4.90 Å². The maximum Gasteiger partial charge on any atom is 0.255 e. The first-order chi connectivity index (χ1) is 15.6. The fourth-order valence-electron chi connectivity index (χ4n) is 3.58. The Bertz CT molecular complexity index is 1100. The monoisotopic (exact) mass is 449 g/mol. The quantitative estimate of drug-likeness (QED) is 0.505. The molecule has 2 amide bonds. The van der Waals surface area contributed by atoms with E-state index in [4.69, 9.17) is 16.3 Å². The number of likely N-dealkylation sites (tertiary alicyclic amines) is 1. The lowest BCUT2D eigenvalue weighted by Crippen LogP contribution is -2.29. The lowest BCUT2D eigenvalue weighted by Gasteiger charge is -2.18. The summed E-state index contributed by atoms with van der Waals surface area (Å²) in [7, 11) is 0. The van der Waals surface area contributed by atoms with E-state index in [2.05, 4.69) is 10.6 Å². The highest BCUT2D eigenvalue weighted by molar-refractivity contribution is 6.31. The van der Waals surface area contributed by atoms with Crippen molar-refractivity contribution in [1.29, 1.82) is 0 Å². The first kappa shape index (κ1) is 21.7. The second kappa shape index (κ2) is 10.2. The number of nitrogens with zero attached hydrogens (tertiary/aromatic N) is 1. The third kappa shape index (κ3) is 5.59. The Morgan fingerprint density at radius 3 is 2.44 bits per heavy atom. The van der Waals surface area contributed by atoms with E-state index in [0.717, 1.165) is 25.9 Å². The van der Waals surface area contributed by atoms with Crippen LogP contribution < -0.4 is 15.4 Å². The van der Waals surface area contributed by atoms with Crippen molar-refractivity contribution in [3.63, 3.8) is 0 Å². The SMILES string of the molecule is O=C(CNc1cc(Cl)ccc1C(=O)N1CCCC1)Nc1cccc(Oc2ccccc2)c1. The smallest absolute Gasteiger partial charge is 0.255 e. The molecule has 1 aliphatic heterocycles. The Hall–Kier alpha value is -3.51. The zero-order chi connectivity index (χ0) is 22.3. The molecule has 2 N–H and O–H groups in total. The Balaban J connectivity index is 1.39. The maximum absolute atomic E-state index is 12.8. The van der Waals surface area contributed by atoms with Crippen LogP contribution in [0.15, 0.2) is 72.8 Å². The van der Waals surface area contributed by atoms with Gasteiger partial charge in [0, 0.05) is 35.6 Å². The zero-order valence-corrected chi connectivity index (χ0v) is 18.3. The average Bonchev–Trinajstić information content (AvgIpc) is 3.33. The van der Waals surface area contributed by atoms with Gasteiger partial charge in [0.05, 0.1) is 12.1 Å². The minimum Gasteiger partial charge on any atom is -0.457 e. The van der Waals surface area contributed by atoms with Gasteiger partial charge in [0.2, 0.25) is 5.91 Å². The molecule has 0 spiro atoms. The number of anilines is 2. The Morgan fingerprint density at radius 1 is 0.906 bits per heavy atom. The number of hydrogen-bond donors (Lipinski definition) is 2. The molecule has 0 unspecified atom stereocenters. The number of ether oxygens (including phenoxy) is 1. The third-order valence-electron chi connectivity index (χ3n) is 5.14. The van der Waals surface area contributed by atoms with Crippen molar-refractivity contribution in [2.45, 2.75) is 12.8 Å². The Labute approximate surface area is 192 Å². The highest BCUT2D eigenvalue weighted by Gasteiger charge is 2.22. The minimum atomic E-state index is -0.249. The van der Waals surface area contributed by atoms with E-state index in [9.17, 15) is 9.59 Å². The van der Waals surface area contributed by atoms with E-state index in [1.165, 1.54) is 0 Å². The Kier molecular flexibility index (Phi) is 6.92.